The summed E-state index contributed by atoms with van der Waals surface area (Å²) in [7, 11) is 0. The summed E-state index contributed by atoms with van der Waals surface area (Å²) in [6.07, 6.45) is 11.2. The number of hydrogen-bond donors (Lipinski definition) is 1. The van der Waals surface area contributed by atoms with Crippen LogP contribution in [-0.4, -0.2) is 30.6 Å². The number of ether oxygens (including phenoxy) is 2. The van der Waals surface area contributed by atoms with E-state index in [0.717, 1.165) is 44.9 Å². The fourth-order valence-electron chi connectivity index (χ4n) is 6.59. The molecule has 4 fully saturated rings. The lowest BCUT2D eigenvalue weighted by atomic mass is 9.61. The van der Waals surface area contributed by atoms with Crippen molar-refractivity contribution in [2.24, 2.45) is 34.5 Å². The van der Waals surface area contributed by atoms with Crippen LogP contribution >= 0.6 is 0 Å². The Bertz CT molecular complexity index is 755. The van der Waals surface area contributed by atoms with Gasteiger partial charge in [0.15, 0.2) is 6.29 Å². The number of esters is 1. The zero-order valence-corrected chi connectivity index (χ0v) is 20.1. The second kappa shape index (κ2) is 10.1. The van der Waals surface area contributed by atoms with E-state index in [1.807, 2.05) is 12.2 Å². The molecule has 4 aliphatic rings. The molecule has 0 aromatic carbocycles. The molecule has 1 unspecified atom stereocenters. The topological polar surface area (TPSA) is 55.8 Å². The molecule has 178 valence electrons. The van der Waals surface area contributed by atoms with Gasteiger partial charge in [0.05, 0.1) is 18.6 Å². The molecule has 1 N–H and O–H groups in total. The first-order chi connectivity index (χ1) is 15.2. The molecule has 0 spiro atoms. The van der Waals surface area contributed by atoms with Crippen molar-refractivity contribution in [3.8, 4) is 0 Å². The third-order valence-electron chi connectivity index (χ3n) is 8.75. The predicted octanol–water partition coefficient (Wildman–Crippen LogP) is 5.99. The van der Waals surface area contributed by atoms with E-state index < -0.39 is 6.29 Å². The molecule has 0 radical (unpaired) electrons. The van der Waals surface area contributed by atoms with Crippen molar-refractivity contribution in [3.05, 3.63) is 49.6 Å². The molecule has 0 aromatic heterocycles. The average molecular weight is 443 g/mol. The van der Waals surface area contributed by atoms with Crippen molar-refractivity contribution in [3.63, 3.8) is 0 Å². The van der Waals surface area contributed by atoms with Crippen LogP contribution in [0.4, 0.5) is 0 Å². The van der Waals surface area contributed by atoms with Crippen LogP contribution < -0.4 is 0 Å². The van der Waals surface area contributed by atoms with Crippen LogP contribution in [0.5, 0.6) is 0 Å². The third-order valence-corrected chi connectivity index (χ3v) is 8.75. The van der Waals surface area contributed by atoms with Crippen molar-refractivity contribution in [2.45, 2.75) is 71.5 Å². The summed E-state index contributed by atoms with van der Waals surface area (Å²) < 4.78 is 10.7. The van der Waals surface area contributed by atoms with Crippen molar-refractivity contribution >= 4 is 5.97 Å². The van der Waals surface area contributed by atoms with Gasteiger partial charge in [-0.2, -0.15) is 0 Å². The molecule has 2 saturated carbocycles. The van der Waals surface area contributed by atoms with E-state index in [4.69, 9.17) is 9.47 Å². The van der Waals surface area contributed by atoms with Gasteiger partial charge in [0.1, 0.15) is 0 Å². The maximum absolute atomic E-state index is 12.0. The second-order valence-electron chi connectivity index (χ2n) is 10.7. The van der Waals surface area contributed by atoms with Crippen molar-refractivity contribution < 1.29 is 19.4 Å². The highest BCUT2D eigenvalue weighted by atomic mass is 16.6. The highest BCUT2D eigenvalue weighted by Crippen LogP contribution is 2.54. The first-order valence-electron chi connectivity index (χ1n) is 12.2. The molecular formula is C28H42O4. The van der Waals surface area contributed by atoms with Crippen LogP contribution in [0.2, 0.25) is 0 Å². The molecule has 2 heterocycles. The van der Waals surface area contributed by atoms with Gasteiger partial charge >= 0.3 is 5.97 Å². The van der Waals surface area contributed by atoms with Crippen LogP contribution in [0.1, 0.15) is 65.2 Å². The van der Waals surface area contributed by atoms with E-state index in [2.05, 4.69) is 40.2 Å². The predicted molar refractivity (Wildman–Crippen MR) is 129 cm³/mol. The van der Waals surface area contributed by atoms with E-state index in [0.29, 0.717) is 36.9 Å². The van der Waals surface area contributed by atoms with E-state index in [-0.39, 0.29) is 16.8 Å². The summed E-state index contributed by atoms with van der Waals surface area (Å²) in [6, 6.07) is 0. The molecule has 32 heavy (non-hydrogen) atoms. The number of carbonyl (C=O) groups excluding carboxylic acids is 1. The van der Waals surface area contributed by atoms with Crippen LogP contribution in [0, 0.1) is 34.5 Å². The lowest BCUT2D eigenvalue weighted by Crippen LogP contribution is -2.41. The molecule has 7 atom stereocenters. The lowest BCUT2D eigenvalue weighted by molar-refractivity contribution is -0.147. The Balaban J connectivity index is 0.000000181. The first-order valence-corrected chi connectivity index (χ1v) is 12.2. The molecule has 4 nitrogen and oxygen atoms in total. The summed E-state index contributed by atoms with van der Waals surface area (Å²) in [5.74, 6) is 1.89. The van der Waals surface area contributed by atoms with Crippen molar-refractivity contribution in [2.75, 3.05) is 13.2 Å². The van der Waals surface area contributed by atoms with Crippen LogP contribution in [0.15, 0.2) is 49.6 Å². The van der Waals surface area contributed by atoms with Gasteiger partial charge in [-0.05, 0) is 83.0 Å². The summed E-state index contributed by atoms with van der Waals surface area (Å²) in [5.41, 5.74) is 2.05. The smallest absolute Gasteiger partial charge is 0.312 e. The fraction of sp³-hybridized carbons (Fsp3) is 0.679. The Morgan fingerprint density at radius 2 is 1.56 bits per heavy atom. The number of cyclic esters (lactones) is 1. The number of hydrogen-bond acceptors (Lipinski definition) is 4. The maximum Gasteiger partial charge on any atom is 0.312 e. The second-order valence-corrected chi connectivity index (χ2v) is 10.7. The van der Waals surface area contributed by atoms with Crippen molar-refractivity contribution in [1.82, 2.24) is 0 Å². The highest BCUT2D eigenvalue weighted by Gasteiger charge is 2.54. The normalized spacial score (nSPS) is 40.2. The van der Waals surface area contributed by atoms with E-state index in [9.17, 15) is 9.90 Å². The minimum atomic E-state index is -0.613. The number of allylic oxidation sites excluding steroid dienone is 4. The van der Waals surface area contributed by atoms with Gasteiger partial charge in [0, 0.05) is 11.3 Å². The summed E-state index contributed by atoms with van der Waals surface area (Å²) in [6.45, 7) is 21.2. The number of carbonyl (C=O) groups is 1. The molecule has 4 heteroatoms. The molecule has 2 aliphatic carbocycles. The number of aliphatic hydroxyl groups excluding tert-OH is 1. The SMILES string of the molecule is C=CC[C@@]12C[C@@H](C(=C)C)CC[C@@H]1COC2=O.C=CC[C@@]12C[C@@H](C(=C)C)CC[C@@H]1COC2O. The Morgan fingerprint density at radius 1 is 0.969 bits per heavy atom. The van der Waals surface area contributed by atoms with Crippen LogP contribution in [0.3, 0.4) is 0 Å². The molecule has 0 bridgehead atoms. The van der Waals surface area contributed by atoms with Gasteiger partial charge in [0.2, 0.25) is 0 Å². The average Bonchev–Trinajstić information content (AvgIpc) is 3.25. The van der Waals surface area contributed by atoms with Gasteiger partial charge in [-0.1, -0.05) is 36.5 Å². The monoisotopic (exact) mass is 442 g/mol. The molecule has 4 rings (SSSR count). The van der Waals surface area contributed by atoms with Crippen molar-refractivity contribution in [1.29, 1.82) is 0 Å². The third kappa shape index (κ3) is 4.54. The number of fused-ring (bicyclic) bond motifs is 2. The number of aliphatic hydroxyl groups is 1. The standard InChI is InChI=1S/C14H22O2.C14H20O2/c2*1-4-7-14-8-11(10(2)3)5-6-12(14)9-16-13(14)15/h4,11-13,15H,1-2,5-9H2,3H3;4,11-12H,1-2,5-9H2,3H3/t11-,12+,13?,14+;11-,12+,14+/m00/s1. The zero-order valence-electron chi connectivity index (χ0n) is 20.1. The summed E-state index contributed by atoms with van der Waals surface area (Å²) in [5, 5.41) is 10.1. The van der Waals surface area contributed by atoms with E-state index >= 15 is 0 Å². The van der Waals surface area contributed by atoms with E-state index in [1.54, 1.807) is 0 Å². The largest absolute Gasteiger partial charge is 0.465 e. The van der Waals surface area contributed by atoms with Crippen LogP contribution in [-0.2, 0) is 14.3 Å². The highest BCUT2D eigenvalue weighted by molar-refractivity contribution is 5.79. The lowest BCUT2D eigenvalue weighted by Gasteiger charge is -2.43. The Labute approximate surface area is 194 Å². The van der Waals surface area contributed by atoms with Gasteiger partial charge in [-0.3, -0.25) is 4.79 Å². The molecule has 2 aliphatic heterocycles. The van der Waals surface area contributed by atoms with Gasteiger partial charge in [-0.15, -0.1) is 13.2 Å². The van der Waals surface area contributed by atoms with E-state index in [1.165, 1.54) is 17.6 Å². The zero-order chi connectivity index (χ0) is 23.5. The molecule has 0 aromatic rings. The molecular weight excluding hydrogens is 400 g/mol. The van der Waals surface area contributed by atoms with Gasteiger partial charge < -0.3 is 14.6 Å². The fourth-order valence-corrected chi connectivity index (χ4v) is 6.59. The van der Waals surface area contributed by atoms with Gasteiger partial charge in [-0.25, -0.2) is 0 Å². The molecule has 0 amide bonds. The Hall–Kier alpha value is -1.65. The minimum absolute atomic E-state index is 0.0108. The summed E-state index contributed by atoms with van der Waals surface area (Å²) >= 11 is 0. The summed E-state index contributed by atoms with van der Waals surface area (Å²) in [4.78, 5) is 12.0. The quantitative estimate of drug-likeness (QED) is 0.406. The first kappa shape index (κ1) is 25.0. The van der Waals surface area contributed by atoms with Gasteiger partial charge in [0.25, 0.3) is 0 Å². The Morgan fingerprint density at radius 3 is 2.16 bits per heavy atom. The maximum atomic E-state index is 12.0. The Kier molecular flexibility index (Phi) is 7.88. The minimum Gasteiger partial charge on any atom is -0.465 e. The number of rotatable bonds is 6. The molecule has 2 saturated heterocycles. The van der Waals surface area contributed by atoms with Crippen LogP contribution in [0.25, 0.3) is 0 Å².